The largest absolute Gasteiger partial charge is 0.430 e. The van der Waals surface area contributed by atoms with Crippen LogP contribution in [0.1, 0.15) is 0 Å². The fourth-order valence-electron chi connectivity index (χ4n) is 2.90. The van der Waals surface area contributed by atoms with E-state index in [9.17, 15) is 23.1 Å². The number of nitro groups is 1. The zero-order valence-corrected chi connectivity index (χ0v) is 17.3. The lowest BCUT2D eigenvalue weighted by atomic mass is 10.1. The van der Waals surface area contributed by atoms with Gasteiger partial charge in [-0.3, -0.25) is 14.7 Å². The summed E-state index contributed by atoms with van der Waals surface area (Å²) in [7, 11) is -4.58. The van der Waals surface area contributed by atoms with Gasteiger partial charge in [-0.05, 0) is 23.9 Å². The molecule has 0 aliphatic rings. The molecular weight excluding hydrogens is 440 g/mol. The van der Waals surface area contributed by atoms with Crippen LogP contribution in [-0.4, -0.2) is 22.9 Å². The van der Waals surface area contributed by atoms with E-state index < -0.39 is 25.6 Å². The van der Waals surface area contributed by atoms with Gasteiger partial charge in [0, 0.05) is 17.2 Å². The van der Waals surface area contributed by atoms with E-state index in [1.54, 1.807) is 0 Å². The number of hydrogen-bond acceptors (Lipinski definition) is 7. The lowest BCUT2D eigenvalue weighted by molar-refractivity contribution is -0.388. The summed E-state index contributed by atoms with van der Waals surface area (Å²) in [5, 5.41) is 11.6. The Hall–Kier alpha value is -3.47. The Morgan fingerprint density at radius 2 is 1.55 bits per heavy atom. The molecule has 31 heavy (non-hydrogen) atoms. The fraction of sp³-hybridized carbons (Fsp3) is 0. The van der Waals surface area contributed by atoms with Crippen LogP contribution < -0.4 is 0 Å². The van der Waals surface area contributed by atoms with Crippen molar-refractivity contribution < 1.29 is 22.3 Å². The summed E-state index contributed by atoms with van der Waals surface area (Å²) in [5.41, 5.74) is 1.69. The van der Waals surface area contributed by atoms with E-state index in [2.05, 4.69) is 4.98 Å². The van der Waals surface area contributed by atoms with Crippen molar-refractivity contribution in [3.8, 4) is 22.6 Å². The van der Waals surface area contributed by atoms with Gasteiger partial charge in [-0.25, -0.2) is 4.98 Å². The Morgan fingerprint density at radius 1 is 0.935 bits per heavy atom. The van der Waals surface area contributed by atoms with E-state index in [1.165, 1.54) is 6.07 Å². The van der Waals surface area contributed by atoms with Crippen LogP contribution in [0.4, 0.5) is 5.69 Å². The van der Waals surface area contributed by atoms with Crippen molar-refractivity contribution in [1.29, 1.82) is 0 Å². The predicted molar refractivity (Wildman–Crippen MR) is 114 cm³/mol. The average molecular weight is 454 g/mol. The van der Waals surface area contributed by atoms with Gasteiger partial charge in [0.05, 0.1) is 9.82 Å². The van der Waals surface area contributed by atoms with Gasteiger partial charge in [-0.1, -0.05) is 60.7 Å². The molecule has 1 aromatic heterocycles. The second-order valence-corrected chi connectivity index (χ2v) is 8.77. The second kappa shape index (κ2) is 8.34. The maximum absolute atomic E-state index is 11.5. The highest BCUT2D eigenvalue weighted by atomic mass is 32.2. The van der Waals surface area contributed by atoms with Crippen LogP contribution in [0.25, 0.3) is 22.6 Å². The summed E-state index contributed by atoms with van der Waals surface area (Å²) in [6.07, 6.45) is 0. The van der Waals surface area contributed by atoms with Crippen LogP contribution >= 0.6 is 11.8 Å². The van der Waals surface area contributed by atoms with Crippen molar-refractivity contribution in [3.05, 3.63) is 89.0 Å². The van der Waals surface area contributed by atoms with E-state index in [-0.39, 0.29) is 10.1 Å². The van der Waals surface area contributed by atoms with E-state index in [0.29, 0.717) is 11.5 Å². The van der Waals surface area contributed by atoms with Gasteiger partial charge in [0.1, 0.15) is 10.6 Å². The van der Waals surface area contributed by atoms with Gasteiger partial charge in [0.2, 0.25) is 0 Å². The lowest BCUT2D eigenvalue weighted by Gasteiger charge is -2.02. The molecule has 4 aromatic rings. The molecule has 156 valence electrons. The van der Waals surface area contributed by atoms with Gasteiger partial charge >= 0.3 is 0 Å². The number of aromatic nitrogens is 1. The highest BCUT2D eigenvalue weighted by Crippen LogP contribution is 2.40. The topological polar surface area (TPSA) is 124 Å². The molecular formula is C21H14N2O6S2. The predicted octanol–water partition coefficient (Wildman–Crippen LogP) is 5.31. The number of nitro benzene ring substituents is 1. The maximum Gasteiger partial charge on any atom is 0.294 e. The average Bonchev–Trinajstić information content (AvgIpc) is 3.18. The molecule has 8 nitrogen and oxygen atoms in total. The molecule has 0 radical (unpaired) electrons. The standard InChI is InChI=1S/C21H14N2O6S2/c24-23(25)17-13-16(31(26,27)28)11-12-18(17)30-21-22-19(14-7-3-1-4-8-14)20(29-21)15-9-5-2-6-10-15/h1-13H,(H,26,27,28). The molecule has 1 N–H and O–H groups in total. The molecule has 0 fully saturated rings. The first-order chi connectivity index (χ1) is 14.8. The summed E-state index contributed by atoms with van der Waals surface area (Å²) in [6.45, 7) is 0. The molecule has 0 aliphatic heterocycles. The Balaban J connectivity index is 1.80. The monoisotopic (exact) mass is 454 g/mol. The molecule has 10 heteroatoms. The molecule has 1 heterocycles. The number of benzene rings is 3. The summed E-state index contributed by atoms with van der Waals surface area (Å²) < 4.78 is 37.8. The van der Waals surface area contributed by atoms with E-state index >= 15 is 0 Å². The molecule has 0 spiro atoms. The number of rotatable bonds is 6. The minimum atomic E-state index is -4.58. The maximum atomic E-state index is 11.5. The molecule has 0 atom stereocenters. The molecule has 0 bridgehead atoms. The summed E-state index contributed by atoms with van der Waals surface area (Å²) in [6, 6.07) is 21.8. The van der Waals surface area contributed by atoms with Crippen LogP contribution in [-0.2, 0) is 10.1 Å². The number of hydrogen-bond donors (Lipinski definition) is 1. The van der Waals surface area contributed by atoms with Gasteiger partial charge in [0.25, 0.3) is 21.0 Å². The first-order valence-electron chi connectivity index (χ1n) is 8.88. The molecule has 0 saturated heterocycles. The van der Waals surface area contributed by atoms with Gasteiger partial charge in [-0.2, -0.15) is 8.42 Å². The van der Waals surface area contributed by atoms with Gasteiger partial charge < -0.3 is 4.42 Å². The minimum absolute atomic E-state index is 0.123. The zero-order valence-electron chi connectivity index (χ0n) is 15.7. The van der Waals surface area contributed by atoms with Crippen molar-refractivity contribution >= 4 is 27.6 Å². The Labute approximate surface area is 181 Å². The quantitative estimate of drug-likeness (QED) is 0.236. The highest BCUT2D eigenvalue weighted by Gasteiger charge is 2.24. The summed E-state index contributed by atoms with van der Waals surface area (Å²) in [4.78, 5) is 14.8. The summed E-state index contributed by atoms with van der Waals surface area (Å²) in [5.74, 6) is 0.506. The van der Waals surface area contributed by atoms with Crippen molar-refractivity contribution in [3.63, 3.8) is 0 Å². The smallest absolute Gasteiger partial charge is 0.294 e. The Bertz CT molecular complexity index is 1300. The zero-order chi connectivity index (χ0) is 22.0. The van der Waals surface area contributed by atoms with Crippen LogP contribution in [0.5, 0.6) is 0 Å². The van der Waals surface area contributed by atoms with Crippen LogP contribution in [0, 0.1) is 10.1 Å². The van der Waals surface area contributed by atoms with Crippen molar-refractivity contribution in [2.45, 2.75) is 15.0 Å². The first kappa shape index (κ1) is 20.8. The molecule has 0 unspecified atom stereocenters. The third-order valence-corrected chi connectivity index (χ3v) is 6.08. The molecule has 0 saturated carbocycles. The Morgan fingerprint density at radius 3 is 2.13 bits per heavy atom. The van der Waals surface area contributed by atoms with Gasteiger partial charge in [-0.15, -0.1) is 0 Å². The third kappa shape index (κ3) is 4.50. The van der Waals surface area contributed by atoms with Crippen LogP contribution in [0.2, 0.25) is 0 Å². The van der Waals surface area contributed by atoms with E-state index in [1.807, 2.05) is 60.7 Å². The molecule has 3 aromatic carbocycles. The second-order valence-electron chi connectivity index (χ2n) is 6.35. The molecule has 4 rings (SSSR count). The van der Waals surface area contributed by atoms with E-state index in [0.717, 1.165) is 35.0 Å². The van der Waals surface area contributed by atoms with Crippen molar-refractivity contribution in [1.82, 2.24) is 4.98 Å². The third-order valence-electron chi connectivity index (χ3n) is 4.31. The van der Waals surface area contributed by atoms with E-state index in [4.69, 9.17) is 4.42 Å². The fourth-order valence-corrected chi connectivity index (χ4v) is 4.23. The normalized spacial score (nSPS) is 11.4. The number of nitrogens with zero attached hydrogens (tertiary/aromatic N) is 2. The number of oxazole rings is 1. The van der Waals surface area contributed by atoms with Crippen molar-refractivity contribution in [2.75, 3.05) is 0 Å². The summed E-state index contributed by atoms with van der Waals surface area (Å²) >= 11 is 0.890. The first-order valence-corrected chi connectivity index (χ1v) is 11.1. The van der Waals surface area contributed by atoms with Crippen molar-refractivity contribution in [2.24, 2.45) is 0 Å². The Kier molecular flexibility index (Phi) is 5.59. The minimum Gasteiger partial charge on any atom is -0.430 e. The SMILES string of the molecule is O=[N+]([O-])c1cc(S(=O)(=O)O)ccc1Sc1nc(-c2ccccc2)c(-c2ccccc2)o1. The van der Waals surface area contributed by atoms with Gasteiger partial charge in [0.15, 0.2) is 5.76 Å². The lowest BCUT2D eigenvalue weighted by Crippen LogP contribution is -2.00. The van der Waals surface area contributed by atoms with Crippen LogP contribution in [0.15, 0.2) is 98.3 Å². The highest BCUT2D eigenvalue weighted by molar-refractivity contribution is 7.99. The van der Waals surface area contributed by atoms with Crippen LogP contribution in [0.3, 0.4) is 0 Å². The molecule has 0 aliphatic carbocycles. The molecule has 0 amide bonds.